The molecule has 0 aromatic rings. The van der Waals surface area contributed by atoms with Gasteiger partial charge in [0.15, 0.2) is 5.78 Å². The maximum absolute atomic E-state index is 12.2. The molecule has 0 N–H and O–H groups in total. The van der Waals surface area contributed by atoms with Gasteiger partial charge in [0.25, 0.3) is 0 Å². The van der Waals surface area contributed by atoms with Gasteiger partial charge in [-0.1, -0.05) is 19.8 Å². The Kier molecular flexibility index (Phi) is 5.99. The molecule has 1 aliphatic carbocycles. The number of carbonyl (C=O) groups is 1. The molecule has 1 rings (SSSR count). The van der Waals surface area contributed by atoms with E-state index in [9.17, 15) is 4.79 Å². The molecule has 0 aromatic carbocycles. The van der Waals surface area contributed by atoms with E-state index in [1.54, 1.807) is 0 Å². The van der Waals surface area contributed by atoms with Crippen LogP contribution in [0.2, 0.25) is 0 Å². The number of hydrogen-bond donors (Lipinski definition) is 0. The molecule has 2 unspecified atom stereocenters. The van der Waals surface area contributed by atoms with E-state index in [0.29, 0.717) is 19.1 Å². The van der Waals surface area contributed by atoms with Gasteiger partial charge in [-0.15, -0.1) is 0 Å². The molecule has 3 nitrogen and oxygen atoms in total. The molecule has 0 aliphatic heterocycles. The van der Waals surface area contributed by atoms with Gasteiger partial charge in [-0.3, -0.25) is 4.79 Å². The van der Waals surface area contributed by atoms with E-state index in [1.165, 1.54) is 6.42 Å². The number of hydrogen-bond acceptors (Lipinski definition) is 3. The summed E-state index contributed by atoms with van der Waals surface area (Å²) in [5.41, 5.74) is 0. The van der Waals surface area contributed by atoms with Crippen molar-refractivity contribution >= 4 is 5.78 Å². The lowest BCUT2D eigenvalue weighted by Gasteiger charge is -2.28. The Morgan fingerprint density at radius 2 is 1.88 bits per heavy atom. The predicted octanol–water partition coefficient (Wildman–Crippen LogP) is 2.78. The fraction of sp³-hybridized carbons (Fsp3) is 0.923. The van der Waals surface area contributed by atoms with Crippen LogP contribution in [0.3, 0.4) is 0 Å². The van der Waals surface area contributed by atoms with E-state index in [0.717, 1.165) is 19.3 Å². The summed E-state index contributed by atoms with van der Waals surface area (Å²) < 4.78 is 10.7. The van der Waals surface area contributed by atoms with Crippen LogP contribution in [0.5, 0.6) is 0 Å². The lowest BCUT2D eigenvalue weighted by Crippen LogP contribution is -2.35. The zero-order valence-corrected chi connectivity index (χ0v) is 10.7. The summed E-state index contributed by atoms with van der Waals surface area (Å²) in [6.45, 7) is 7.05. The Morgan fingerprint density at radius 3 is 2.38 bits per heavy atom. The first-order valence-electron chi connectivity index (χ1n) is 6.45. The molecule has 0 amide bonds. The average Bonchev–Trinajstić information content (AvgIpc) is 2.28. The molecule has 0 bridgehead atoms. The summed E-state index contributed by atoms with van der Waals surface area (Å²) in [6.07, 6.45) is 3.76. The van der Waals surface area contributed by atoms with Gasteiger partial charge >= 0.3 is 0 Å². The Bertz CT molecular complexity index is 202. The van der Waals surface area contributed by atoms with Gasteiger partial charge in [-0.05, 0) is 32.6 Å². The van der Waals surface area contributed by atoms with Crippen molar-refractivity contribution in [1.82, 2.24) is 0 Å². The van der Waals surface area contributed by atoms with Crippen molar-refractivity contribution in [3.8, 4) is 0 Å². The van der Waals surface area contributed by atoms with Gasteiger partial charge in [0, 0.05) is 19.1 Å². The number of Topliss-reactive ketones (excluding diaryl/α,β-unsaturated/α-hetero) is 1. The number of rotatable bonds is 6. The van der Waals surface area contributed by atoms with Gasteiger partial charge in [0.2, 0.25) is 6.29 Å². The highest BCUT2D eigenvalue weighted by atomic mass is 16.7. The highest BCUT2D eigenvalue weighted by molar-refractivity contribution is 5.84. The van der Waals surface area contributed by atoms with Crippen molar-refractivity contribution in [1.29, 1.82) is 0 Å². The van der Waals surface area contributed by atoms with E-state index >= 15 is 0 Å². The van der Waals surface area contributed by atoms with Crippen LogP contribution in [0.15, 0.2) is 0 Å². The Morgan fingerprint density at radius 1 is 1.25 bits per heavy atom. The van der Waals surface area contributed by atoms with Gasteiger partial charge in [0.1, 0.15) is 0 Å². The maximum atomic E-state index is 12.2. The van der Waals surface area contributed by atoms with Crippen molar-refractivity contribution in [2.45, 2.75) is 52.7 Å². The van der Waals surface area contributed by atoms with E-state index in [-0.39, 0.29) is 11.7 Å². The molecule has 1 fully saturated rings. The lowest BCUT2D eigenvalue weighted by atomic mass is 9.80. The molecule has 0 radical (unpaired) electrons. The fourth-order valence-electron chi connectivity index (χ4n) is 2.40. The summed E-state index contributed by atoms with van der Waals surface area (Å²) in [7, 11) is 0. The van der Waals surface area contributed by atoms with E-state index in [1.807, 2.05) is 13.8 Å². The second-order valence-corrected chi connectivity index (χ2v) is 4.61. The van der Waals surface area contributed by atoms with E-state index < -0.39 is 6.29 Å². The number of ketones is 1. The molecule has 0 spiro atoms. The highest BCUT2D eigenvalue weighted by Gasteiger charge is 2.31. The molecule has 1 aliphatic rings. The van der Waals surface area contributed by atoms with Crippen molar-refractivity contribution in [3.05, 3.63) is 0 Å². The summed E-state index contributed by atoms with van der Waals surface area (Å²) >= 11 is 0. The third-order valence-corrected chi connectivity index (χ3v) is 3.21. The highest BCUT2D eigenvalue weighted by Crippen LogP contribution is 2.30. The van der Waals surface area contributed by atoms with Crippen molar-refractivity contribution in [2.75, 3.05) is 13.2 Å². The largest absolute Gasteiger partial charge is 0.346 e. The van der Waals surface area contributed by atoms with Crippen LogP contribution in [0, 0.1) is 11.8 Å². The molecule has 0 aromatic heterocycles. The monoisotopic (exact) mass is 228 g/mol. The minimum Gasteiger partial charge on any atom is -0.346 e. The second kappa shape index (κ2) is 7.02. The first kappa shape index (κ1) is 13.7. The lowest BCUT2D eigenvalue weighted by molar-refractivity contribution is -0.173. The topological polar surface area (TPSA) is 35.5 Å². The first-order valence-corrected chi connectivity index (χ1v) is 6.45. The first-order chi connectivity index (χ1) is 7.69. The Hall–Kier alpha value is -0.410. The molecule has 16 heavy (non-hydrogen) atoms. The zero-order valence-electron chi connectivity index (χ0n) is 10.7. The third kappa shape index (κ3) is 3.87. The number of ether oxygens (including phenoxy) is 2. The van der Waals surface area contributed by atoms with Gasteiger partial charge < -0.3 is 9.47 Å². The van der Waals surface area contributed by atoms with Crippen LogP contribution in [-0.2, 0) is 14.3 Å². The van der Waals surface area contributed by atoms with Crippen molar-refractivity contribution < 1.29 is 14.3 Å². The third-order valence-electron chi connectivity index (χ3n) is 3.21. The Labute approximate surface area is 98.5 Å². The summed E-state index contributed by atoms with van der Waals surface area (Å²) in [4.78, 5) is 12.2. The summed E-state index contributed by atoms with van der Waals surface area (Å²) in [6, 6.07) is 0. The van der Waals surface area contributed by atoms with Gasteiger partial charge in [-0.2, -0.15) is 0 Å². The molecule has 0 heterocycles. The minimum atomic E-state index is -0.634. The molecule has 2 atom stereocenters. The van der Waals surface area contributed by atoms with Crippen molar-refractivity contribution in [2.24, 2.45) is 11.8 Å². The molecular weight excluding hydrogens is 204 g/mol. The number of carbonyl (C=O) groups excluding carboxylic acids is 1. The van der Waals surface area contributed by atoms with Crippen LogP contribution in [0.25, 0.3) is 0 Å². The van der Waals surface area contributed by atoms with Crippen LogP contribution < -0.4 is 0 Å². The smallest absolute Gasteiger partial charge is 0.218 e. The summed E-state index contributed by atoms with van der Waals surface area (Å²) in [5, 5.41) is 0. The zero-order chi connectivity index (χ0) is 12.0. The predicted molar refractivity (Wildman–Crippen MR) is 63.2 cm³/mol. The fourth-order valence-corrected chi connectivity index (χ4v) is 2.40. The standard InChI is InChI=1S/C13H24O3/c1-4-15-13(16-5-2)12(14)11-8-6-7-10(3)9-11/h10-11,13H,4-9H2,1-3H3. The second-order valence-electron chi connectivity index (χ2n) is 4.61. The molecular formula is C13H24O3. The minimum absolute atomic E-state index is 0.145. The summed E-state index contributed by atoms with van der Waals surface area (Å²) in [5.74, 6) is 0.953. The molecule has 1 saturated carbocycles. The van der Waals surface area contributed by atoms with Crippen molar-refractivity contribution in [3.63, 3.8) is 0 Å². The van der Waals surface area contributed by atoms with Crippen LogP contribution in [0.4, 0.5) is 0 Å². The molecule has 94 valence electrons. The van der Waals surface area contributed by atoms with Crippen LogP contribution in [-0.4, -0.2) is 25.3 Å². The normalized spacial score (nSPS) is 26.0. The Balaban J connectivity index is 2.51. The van der Waals surface area contributed by atoms with Crippen LogP contribution in [0.1, 0.15) is 46.5 Å². The molecule has 0 saturated heterocycles. The van der Waals surface area contributed by atoms with E-state index in [4.69, 9.17) is 9.47 Å². The van der Waals surface area contributed by atoms with Gasteiger partial charge in [0.05, 0.1) is 0 Å². The quantitative estimate of drug-likeness (QED) is 0.656. The molecule has 3 heteroatoms. The van der Waals surface area contributed by atoms with Gasteiger partial charge in [-0.25, -0.2) is 0 Å². The van der Waals surface area contributed by atoms with Crippen LogP contribution >= 0.6 is 0 Å². The SMILES string of the molecule is CCOC(OCC)C(=O)C1CCCC(C)C1. The maximum Gasteiger partial charge on any atom is 0.218 e. The average molecular weight is 228 g/mol. The van der Waals surface area contributed by atoms with E-state index in [2.05, 4.69) is 6.92 Å².